The van der Waals surface area contributed by atoms with Crippen LogP contribution in [0.5, 0.6) is 0 Å². The van der Waals surface area contributed by atoms with Crippen LogP contribution in [0.15, 0.2) is 52.9 Å². The molecule has 25 heavy (non-hydrogen) atoms. The zero-order chi connectivity index (χ0) is 17.1. The SMILES string of the molecule is N#Cc1ccccc1N1CCCN(Cc2nc3ccccc3o2)CC1. The number of oxazole rings is 1. The van der Waals surface area contributed by atoms with Gasteiger partial charge in [0.1, 0.15) is 11.6 Å². The largest absolute Gasteiger partial charge is 0.439 e. The molecule has 2 aromatic carbocycles. The van der Waals surface area contributed by atoms with E-state index >= 15 is 0 Å². The van der Waals surface area contributed by atoms with Crippen molar-refractivity contribution >= 4 is 16.8 Å². The molecule has 0 saturated carbocycles. The average Bonchev–Trinajstić information content (AvgIpc) is 2.92. The summed E-state index contributed by atoms with van der Waals surface area (Å²) in [6.07, 6.45) is 1.06. The molecule has 5 nitrogen and oxygen atoms in total. The molecule has 4 rings (SSSR count). The highest BCUT2D eigenvalue weighted by Crippen LogP contribution is 2.22. The summed E-state index contributed by atoms with van der Waals surface area (Å²) in [6, 6.07) is 18.0. The summed E-state index contributed by atoms with van der Waals surface area (Å²) < 4.78 is 5.85. The van der Waals surface area contributed by atoms with Crippen LogP contribution in [0.4, 0.5) is 5.69 Å². The normalized spacial score (nSPS) is 15.9. The van der Waals surface area contributed by atoms with Gasteiger partial charge in [0.05, 0.1) is 17.8 Å². The molecular formula is C20H20N4O. The van der Waals surface area contributed by atoms with Gasteiger partial charge in [0.2, 0.25) is 5.89 Å². The van der Waals surface area contributed by atoms with Crippen molar-refractivity contribution in [3.05, 3.63) is 60.0 Å². The predicted molar refractivity (Wildman–Crippen MR) is 97.3 cm³/mol. The van der Waals surface area contributed by atoms with E-state index in [2.05, 4.69) is 20.9 Å². The van der Waals surface area contributed by atoms with Crippen molar-refractivity contribution in [1.29, 1.82) is 5.26 Å². The summed E-state index contributed by atoms with van der Waals surface area (Å²) in [5, 5.41) is 9.33. The van der Waals surface area contributed by atoms with Crippen LogP contribution in [0.1, 0.15) is 17.9 Å². The first kappa shape index (κ1) is 15.7. The van der Waals surface area contributed by atoms with Crippen LogP contribution < -0.4 is 4.90 Å². The van der Waals surface area contributed by atoms with Crippen molar-refractivity contribution in [3.63, 3.8) is 0 Å². The molecule has 1 saturated heterocycles. The molecule has 3 aromatic rings. The molecule has 0 atom stereocenters. The Hall–Kier alpha value is -2.84. The number of anilines is 1. The fourth-order valence-electron chi connectivity index (χ4n) is 3.39. The van der Waals surface area contributed by atoms with Gasteiger partial charge in [0.25, 0.3) is 0 Å². The van der Waals surface area contributed by atoms with Gasteiger partial charge >= 0.3 is 0 Å². The number of para-hydroxylation sites is 3. The fraction of sp³-hybridized carbons (Fsp3) is 0.300. The molecule has 0 spiro atoms. The van der Waals surface area contributed by atoms with Crippen molar-refractivity contribution in [1.82, 2.24) is 9.88 Å². The molecule has 0 amide bonds. The van der Waals surface area contributed by atoms with Crippen molar-refractivity contribution in [2.24, 2.45) is 0 Å². The number of hydrogen-bond acceptors (Lipinski definition) is 5. The Morgan fingerprint density at radius 2 is 1.84 bits per heavy atom. The lowest BCUT2D eigenvalue weighted by molar-refractivity contribution is 0.258. The quantitative estimate of drug-likeness (QED) is 0.736. The molecule has 5 heteroatoms. The third-order valence-electron chi connectivity index (χ3n) is 4.65. The Morgan fingerprint density at radius 3 is 2.72 bits per heavy atom. The highest BCUT2D eigenvalue weighted by atomic mass is 16.3. The number of fused-ring (bicyclic) bond motifs is 1. The number of rotatable bonds is 3. The van der Waals surface area contributed by atoms with Gasteiger partial charge in [0, 0.05) is 26.2 Å². The van der Waals surface area contributed by atoms with E-state index in [0.717, 1.165) is 67.4 Å². The van der Waals surface area contributed by atoms with Gasteiger partial charge in [-0.2, -0.15) is 5.26 Å². The van der Waals surface area contributed by atoms with Crippen LogP contribution in [-0.4, -0.2) is 36.1 Å². The highest BCUT2D eigenvalue weighted by molar-refractivity contribution is 5.72. The minimum Gasteiger partial charge on any atom is -0.439 e. The van der Waals surface area contributed by atoms with E-state index in [-0.39, 0.29) is 0 Å². The summed E-state index contributed by atoms with van der Waals surface area (Å²) in [4.78, 5) is 9.26. The molecule has 0 unspecified atom stereocenters. The van der Waals surface area contributed by atoms with Crippen molar-refractivity contribution in [2.75, 3.05) is 31.1 Å². The van der Waals surface area contributed by atoms with Crippen molar-refractivity contribution in [2.45, 2.75) is 13.0 Å². The average molecular weight is 332 g/mol. The second-order valence-electron chi connectivity index (χ2n) is 6.32. The Labute approximate surface area is 147 Å². The first-order valence-electron chi connectivity index (χ1n) is 8.64. The number of nitrogens with zero attached hydrogens (tertiary/aromatic N) is 4. The second kappa shape index (κ2) is 6.96. The van der Waals surface area contributed by atoms with E-state index < -0.39 is 0 Å². The lowest BCUT2D eigenvalue weighted by Crippen LogP contribution is -2.30. The molecule has 0 bridgehead atoms. The molecule has 0 N–H and O–H groups in total. The molecule has 1 aliphatic rings. The first-order chi connectivity index (χ1) is 12.3. The Morgan fingerprint density at radius 1 is 1.00 bits per heavy atom. The minimum absolute atomic E-state index is 0.725. The monoisotopic (exact) mass is 332 g/mol. The standard InChI is InChI=1S/C20H20N4O/c21-14-16-6-1-3-8-18(16)24-11-5-10-23(12-13-24)15-20-22-17-7-2-4-9-19(17)25-20/h1-4,6-9H,5,10-13,15H2. The van der Waals surface area contributed by atoms with Gasteiger partial charge in [-0.15, -0.1) is 0 Å². The molecule has 126 valence electrons. The number of benzene rings is 2. The molecule has 1 aliphatic heterocycles. The van der Waals surface area contributed by atoms with E-state index in [9.17, 15) is 5.26 Å². The van der Waals surface area contributed by atoms with Crippen molar-refractivity contribution < 1.29 is 4.42 Å². The van der Waals surface area contributed by atoms with Crippen LogP contribution in [0, 0.1) is 11.3 Å². The molecule has 2 heterocycles. The fourth-order valence-corrected chi connectivity index (χ4v) is 3.39. The maximum Gasteiger partial charge on any atom is 0.209 e. The van der Waals surface area contributed by atoms with Gasteiger partial charge in [-0.25, -0.2) is 4.98 Å². The molecule has 0 aliphatic carbocycles. The van der Waals surface area contributed by atoms with Crippen LogP contribution in [0.2, 0.25) is 0 Å². The number of aromatic nitrogens is 1. The minimum atomic E-state index is 0.725. The summed E-state index contributed by atoms with van der Waals surface area (Å²) in [5.74, 6) is 0.770. The third kappa shape index (κ3) is 3.35. The summed E-state index contributed by atoms with van der Waals surface area (Å²) in [7, 11) is 0. The molecule has 1 aromatic heterocycles. The zero-order valence-electron chi connectivity index (χ0n) is 14.1. The molecule has 1 fully saturated rings. The van der Waals surface area contributed by atoms with Crippen LogP contribution in [0.3, 0.4) is 0 Å². The van der Waals surface area contributed by atoms with Gasteiger partial charge in [-0.3, -0.25) is 4.90 Å². The van der Waals surface area contributed by atoms with Gasteiger partial charge < -0.3 is 9.32 Å². The second-order valence-corrected chi connectivity index (χ2v) is 6.32. The van der Waals surface area contributed by atoms with Crippen LogP contribution in [-0.2, 0) is 6.54 Å². The maximum atomic E-state index is 9.33. The van der Waals surface area contributed by atoms with Crippen LogP contribution in [0.25, 0.3) is 11.1 Å². The van der Waals surface area contributed by atoms with E-state index in [1.165, 1.54) is 0 Å². The molecular weight excluding hydrogens is 312 g/mol. The topological polar surface area (TPSA) is 56.3 Å². The Balaban J connectivity index is 1.45. The Kier molecular flexibility index (Phi) is 4.36. The lowest BCUT2D eigenvalue weighted by Gasteiger charge is -2.24. The van der Waals surface area contributed by atoms with E-state index in [1.54, 1.807) is 0 Å². The van der Waals surface area contributed by atoms with Gasteiger partial charge in [0.15, 0.2) is 5.58 Å². The summed E-state index contributed by atoms with van der Waals surface area (Å²) >= 11 is 0. The predicted octanol–water partition coefficient (Wildman–Crippen LogP) is 3.41. The summed E-state index contributed by atoms with van der Waals surface area (Å²) in [6.45, 7) is 4.52. The summed E-state index contributed by atoms with van der Waals surface area (Å²) in [5.41, 5.74) is 3.54. The van der Waals surface area contributed by atoms with Crippen molar-refractivity contribution in [3.8, 4) is 6.07 Å². The highest BCUT2D eigenvalue weighted by Gasteiger charge is 2.18. The first-order valence-corrected chi connectivity index (χ1v) is 8.64. The lowest BCUT2D eigenvalue weighted by atomic mass is 10.1. The smallest absolute Gasteiger partial charge is 0.209 e. The van der Waals surface area contributed by atoms with Gasteiger partial charge in [-0.1, -0.05) is 24.3 Å². The van der Waals surface area contributed by atoms with Gasteiger partial charge in [-0.05, 0) is 30.7 Å². The Bertz CT molecular complexity index is 878. The number of nitriles is 1. The molecule has 0 radical (unpaired) electrons. The van der Waals surface area contributed by atoms with E-state index in [1.807, 2.05) is 48.5 Å². The zero-order valence-corrected chi connectivity index (χ0v) is 14.1. The maximum absolute atomic E-state index is 9.33. The number of hydrogen-bond donors (Lipinski definition) is 0. The third-order valence-corrected chi connectivity index (χ3v) is 4.65. The van der Waals surface area contributed by atoms with Crippen LogP contribution >= 0.6 is 0 Å². The van der Waals surface area contributed by atoms with E-state index in [4.69, 9.17) is 4.42 Å². The van der Waals surface area contributed by atoms with E-state index in [0.29, 0.717) is 0 Å².